The number of aromatic nitrogens is 1. The number of ether oxygens (including phenoxy) is 1. The molecule has 33 heavy (non-hydrogen) atoms. The van der Waals surface area contributed by atoms with E-state index < -0.39 is 6.09 Å². The number of nitrogens with zero attached hydrogens (tertiary/aromatic N) is 2. The second-order valence-corrected chi connectivity index (χ2v) is 9.21. The Morgan fingerprint density at radius 1 is 1.06 bits per heavy atom. The van der Waals surface area contributed by atoms with Crippen LogP contribution in [0.5, 0.6) is 0 Å². The van der Waals surface area contributed by atoms with Gasteiger partial charge >= 0.3 is 6.09 Å². The van der Waals surface area contributed by atoms with Gasteiger partial charge < -0.3 is 15.4 Å². The maximum absolute atomic E-state index is 13.0. The molecule has 0 saturated carbocycles. The lowest BCUT2D eigenvalue weighted by atomic mass is 9.97. The summed E-state index contributed by atoms with van der Waals surface area (Å²) >= 11 is 2.18. The molecule has 0 radical (unpaired) electrons. The third-order valence-corrected chi connectivity index (χ3v) is 6.49. The van der Waals surface area contributed by atoms with Crippen LogP contribution in [0.25, 0.3) is 0 Å². The molecule has 3 N–H and O–H groups in total. The number of nitrogen functional groups attached to an aromatic ring is 1. The zero-order chi connectivity index (χ0) is 23.2. The van der Waals surface area contributed by atoms with E-state index in [-0.39, 0.29) is 17.4 Å². The number of anilines is 3. The van der Waals surface area contributed by atoms with Crippen LogP contribution in [0.3, 0.4) is 0 Å². The molecule has 1 amide bonds. The van der Waals surface area contributed by atoms with Gasteiger partial charge in [-0.05, 0) is 89.9 Å². The fourth-order valence-corrected chi connectivity index (χ4v) is 4.26. The molecule has 8 heteroatoms. The molecule has 170 valence electrons. The highest BCUT2D eigenvalue weighted by Crippen LogP contribution is 2.27. The molecule has 0 bridgehead atoms. The Labute approximate surface area is 206 Å². The number of ketones is 1. The van der Waals surface area contributed by atoms with Crippen LogP contribution in [-0.4, -0.2) is 36.6 Å². The van der Waals surface area contributed by atoms with Gasteiger partial charge in [-0.25, -0.2) is 4.79 Å². The first kappa shape index (κ1) is 23.0. The van der Waals surface area contributed by atoms with Gasteiger partial charge in [0.05, 0.1) is 18.0 Å². The van der Waals surface area contributed by atoms with E-state index in [4.69, 9.17) is 10.5 Å². The van der Waals surface area contributed by atoms with Crippen molar-refractivity contribution < 1.29 is 14.3 Å². The summed E-state index contributed by atoms with van der Waals surface area (Å²) in [5.41, 5.74) is 8.69. The standard InChI is InChI=1S/C25H25IN4O3/c26-19-6-4-18(5-7-19)24(31)21-2-1-3-22(27)23(21)29-25(32)33-16-17-10-14-30(15-11-17)20-8-12-28-13-9-20/h1-9,12-13,17H,10-11,14-16,27H2,(H,29,32). The molecule has 2 aromatic carbocycles. The number of pyridine rings is 1. The molecule has 4 rings (SSSR count). The molecular weight excluding hydrogens is 531 g/mol. The minimum Gasteiger partial charge on any atom is -0.449 e. The van der Waals surface area contributed by atoms with E-state index >= 15 is 0 Å². The molecule has 1 saturated heterocycles. The molecule has 7 nitrogen and oxygen atoms in total. The van der Waals surface area contributed by atoms with E-state index in [1.807, 2.05) is 24.3 Å². The number of hydrogen-bond acceptors (Lipinski definition) is 6. The third kappa shape index (κ3) is 5.81. The fourth-order valence-electron chi connectivity index (χ4n) is 3.90. The van der Waals surface area contributed by atoms with E-state index in [1.54, 1.807) is 42.7 Å². The normalized spacial score (nSPS) is 14.0. The van der Waals surface area contributed by atoms with Gasteiger partial charge in [0.15, 0.2) is 5.78 Å². The quantitative estimate of drug-likeness (QED) is 0.253. The zero-order valence-electron chi connectivity index (χ0n) is 18.0. The van der Waals surface area contributed by atoms with Gasteiger partial charge in [0.25, 0.3) is 0 Å². The predicted molar refractivity (Wildman–Crippen MR) is 138 cm³/mol. The first-order valence-corrected chi connectivity index (χ1v) is 11.9. The Hall–Kier alpha value is -3.14. The molecular formula is C25H25IN4O3. The lowest BCUT2D eigenvalue weighted by Gasteiger charge is -2.33. The van der Waals surface area contributed by atoms with Gasteiger partial charge in [0.1, 0.15) is 0 Å². The average Bonchev–Trinajstić information content (AvgIpc) is 2.85. The Morgan fingerprint density at radius 3 is 2.45 bits per heavy atom. The first-order valence-electron chi connectivity index (χ1n) is 10.8. The van der Waals surface area contributed by atoms with Crippen molar-refractivity contribution in [2.24, 2.45) is 5.92 Å². The number of piperidine rings is 1. The second-order valence-electron chi connectivity index (χ2n) is 7.97. The van der Waals surface area contributed by atoms with Crippen molar-refractivity contribution in [2.75, 3.05) is 35.6 Å². The lowest BCUT2D eigenvalue weighted by Crippen LogP contribution is -2.35. The summed E-state index contributed by atoms with van der Waals surface area (Å²) in [6.45, 7) is 2.13. The van der Waals surface area contributed by atoms with Crippen LogP contribution in [0.15, 0.2) is 67.0 Å². The van der Waals surface area contributed by atoms with Crippen LogP contribution in [0, 0.1) is 9.49 Å². The summed E-state index contributed by atoms with van der Waals surface area (Å²) in [6.07, 6.45) is 4.84. The minimum absolute atomic E-state index is 0.211. The highest BCUT2D eigenvalue weighted by Gasteiger charge is 2.22. The van der Waals surface area contributed by atoms with Crippen LogP contribution in [-0.2, 0) is 4.74 Å². The third-order valence-electron chi connectivity index (χ3n) is 5.77. The number of benzene rings is 2. The Bertz CT molecular complexity index is 1110. The Kier molecular flexibility index (Phi) is 7.43. The Balaban J connectivity index is 1.34. The number of carbonyl (C=O) groups excluding carboxylic acids is 2. The molecule has 0 aliphatic carbocycles. The number of hydrogen-bond donors (Lipinski definition) is 2. The topological polar surface area (TPSA) is 97.5 Å². The number of nitrogens with two attached hydrogens (primary N) is 1. The molecule has 0 unspecified atom stereocenters. The number of para-hydroxylation sites is 1. The van der Waals surface area contributed by atoms with Crippen molar-refractivity contribution in [1.29, 1.82) is 0 Å². The van der Waals surface area contributed by atoms with Gasteiger partial charge in [0.2, 0.25) is 0 Å². The predicted octanol–water partition coefficient (Wildman–Crippen LogP) is 4.96. The summed E-state index contributed by atoms with van der Waals surface area (Å²) in [7, 11) is 0. The molecule has 2 heterocycles. The van der Waals surface area contributed by atoms with E-state index in [9.17, 15) is 9.59 Å². The summed E-state index contributed by atoms with van der Waals surface area (Å²) in [4.78, 5) is 31.9. The summed E-state index contributed by atoms with van der Waals surface area (Å²) in [6, 6.07) is 16.2. The van der Waals surface area contributed by atoms with Crippen LogP contribution in [0.2, 0.25) is 0 Å². The highest BCUT2D eigenvalue weighted by molar-refractivity contribution is 14.1. The van der Waals surface area contributed by atoms with E-state index in [1.165, 1.54) is 0 Å². The zero-order valence-corrected chi connectivity index (χ0v) is 20.2. The average molecular weight is 556 g/mol. The number of carbonyl (C=O) groups is 2. The number of nitrogens with one attached hydrogen (secondary N) is 1. The molecule has 1 aliphatic heterocycles. The van der Waals surface area contributed by atoms with Crippen molar-refractivity contribution >= 4 is 51.5 Å². The molecule has 3 aromatic rings. The fraction of sp³-hybridized carbons (Fsp3) is 0.240. The van der Waals surface area contributed by atoms with Crippen molar-refractivity contribution in [1.82, 2.24) is 4.98 Å². The van der Waals surface area contributed by atoms with Gasteiger partial charge in [-0.3, -0.25) is 15.1 Å². The van der Waals surface area contributed by atoms with Crippen molar-refractivity contribution in [3.05, 3.63) is 81.7 Å². The summed E-state index contributed by atoms with van der Waals surface area (Å²) < 4.78 is 6.52. The monoisotopic (exact) mass is 556 g/mol. The SMILES string of the molecule is Nc1cccc(C(=O)c2ccc(I)cc2)c1NC(=O)OCC1CCN(c2ccncc2)CC1. The Morgan fingerprint density at radius 2 is 1.76 bits per heavy atom. The largest absolute Gasteiger partial charge is 0.449 e. The first-order chi connectivity index (χ1) is 16.0. The summed E-state index contributed by atoms with van der Waals surface area (Å²) in [5.74, 6) is 0.0762. The second kappa shape index (κ2) is 10.7. The molecule has 0 atom stereocenters. The lowest BCUT2D eigenvalue weighted by molar-refractivity contribution is 0.103. The highest BCUT2D eigenvalue weighted by atomic mass is 127. The molecule has 1 aromatic heterocycles. The van der Waals surface area contributed by atoms with E-state index in [0.29, 0.717) is 23.4 Å². The van der Waals surface area contributed by atoms with Crippen LogP contribution >= 0.6 is 22.6 Å². The van der Waals surface area contributed by atoms with Gasteiger partial charge in [-0.1, -0.05) is 6.07 Å². The van der Waals surface area contributed by atoms with Crippen molar-refractivity contribution in [3.8, 4) is 0 Å². The van der Waals surface area contributed by atoms with Gasteiger partial charge in [0, 0.05) is 45.9 Å². The van der Waals surface area contributed by atoms with Crippen LogP contribution in [0.4, 0.5) is 21.9 Å². The van der Waals surface area contributed by atoms with Crippen LogP contribution in [0.1, 0.15) is 28.8 Å². The van der Waals surface area contributed by atoms with Gasteiger partial charge in [-0.2, -0.15) is 0 Å². The number of rotatable bonds is 6. The molecule has 1 aliphatic rings. The maximum Gasteiger partial charge on any atom is 0.411 e. The van der Waals surface area contributed by atoms with E-state index in [0.717, 1.165) is 35.2 Å². The smallest absolute Gasteiger partial charge is 0.411 e. The minimum atomic E-state index is -0.610. The van der Waals surface area contributed by atoms with Crippen molar-refractivity contribution in [2.45, 2.75) is 12.8 Å². The van der Waals surface area contributed by atoms with Crippen molar-refractivity contribution in [3.63, 3.8) is 0 Å². The summed E-state index contributed by atoms with van der Waals surface area (Å²) in [5, 5.41) is 2.69. The molecule has 1 fully saturated rings. The number of amides is 1. The van der Waals surface area contributed by atoms with Crippen LogP contribution < -0.4 is 16.0 Å². The van der Waals surface area contributed by atoms with Gasteiger partial charge in [-0.15, -0.1) is 0 Å². The number of halogens is 1. The van der Waals surface area contributed by atoms with E-state index in [2.05, 4.69) is 37.8 Å². The molecule has 0 spiro atoms. The maximum atomic E-state index is 13.0.